The van der Waals surface area contributed by atoms with Gasteiger partial charge in [0, 0.05) is 16.9 Å². The molecule has 28 heavy (non-hydrogen) atoms. The SMILES string of the molecule is CC(C)c1cccc(C(C)C)c1N.Cc1cc(C)cc(-c2cccc(C)n2)c1. The van der Waals surface area contributed by atoms with Gasteiger partial charge in [0.05, 0.1) is 5.69 Å². The second kappa shape index (κ2) is 9.54. The number of aromatic nitrogens is 1. The van der Waals surface area contributed by atoms with Crippen molar-refractivity contribution in [1.82, 2.24) is 4.98 Å². The van der Waals surface area contributed by atoms with Crippen LogP contribution in [0.15, 0.2) is 54.6 Å². The van der Waals surface area contributed by atoms with Crippen molar-refractivity contribution in [3.63, 3.8) is 0 Å². The molecule has 2 heteroatoms. The number of nitrogens with two attached hydrogens (primary N) is 1. The van der Waals surface area contributed by atoms with Crippen molar-refractivity contribution in [2.45, 2.75) is 60.3 Å². The lowest BCUT2D eigenvalue weighted by molar-refractivity contribution is 0.840. The molecule has 0 aliphatic rings. The van der Waals surface area contributed by atoms with Crippen LogP contribution >= 0.6 is 0 Å². The van der Waals surface area contributed by atoms with Crippen molar-refractivity contribution >= 4 is 5.69 Å². The van der Waals surface area contributed by atoms with Gasteiger partial charge in [-0.25, -0.2) is 0 Å². The highest BCUT2D eigenvalue weighted by Crippen LogP contribution is 2.29. The number of pyridine rings is 1. The lowest BCUT2D eigenvalue weighted by Crippen LogP contribution is -2.02. The molecule has 2 nitrogen and oxygen atoms in total. The number of nitrogens with zero attached hydrogens (tertiary/aromatic N) is 1. The summed E-state index contributed by atoms with van der Waals surface area (Å²) >= 11 is 0. The van der Waals surface area contributed by atoms with Gasteiger partial charge < -0.3 is 5.73 Å². The van der Waals surface area contributed by atoms with E-state index in [1.807, 2.05) is 13.0 Å². The van der Waals surface area contributed by atoms with E-state index in [9.17, 15) is 0 Å². The van der Waals surface area contributed by atoms with Crippen molar-refractivity contribution in [1.29, 1.82) is 0 Å². The number of aryl methyl sites for hydroxylation is 3. The average molecular weight is 375 g/mol. The first-order valence-electron chi connectivity index (χ1n) is 10.1. The number of anilines is 1. The van der Waals surface area contributed by atoms with Crippen LogP contribution in [0.2, 0.25) is 0 Å². The van der Waals surface area contributed by atoms with Crippen molar-refractivity contribution in [2.24, 2.45) is 0 Å². The normalized spacial score (nSPS) is 10.8. The number of benzene rings is 2. The van der Waals surface area contributed by atoms with E-state index in [4.69, 9.17) is 5.73 Å². The molecule has 3 aromatic rings. The van der Waals surface area contributed by atoms with Gasteiger partial charge in [0.1, 0.15) is 0 Å². The van der Waals surface area contributed by atoms with E-state index >= 15 is 0 Å². The Morgan fingerprint density at radius 3 is 1.68 bits per heavy atom. The van der Waals surface area contributed by atoms with Crippen molar-refractivity contribution < 1.29 is 0 Å². The lowest BCUT2D eigenvalue weighted by atomic mass is 9.93. The monoisotopic (exact) mass is 374 g/mol. The summed E-state index contributed by atoms with van der Waals surface area (Å²) in [7, 11) is 0. The van der Waals surface area contributed by atoms with Crippen molar-refractivity contribution in [3.05, 3.63) is 82.5 Å². The molecule has 1 heterocycles. The average Bonchev–Trinajstić information content (AvgIpc) is 2.61. The fourth-order valence-electron chi connectivity index (χ4n) is 3.43. The van der Waals surface area contributed by atoms with Gasteiger partial charge in [-0.3, -0.25) is 4.98 Å². The number of hydrogen-bond donors (Lipinski definition) is 1. The van der Waals surface area contributed by atoms with Crippen molar-refractivity contribution in [3.8, 4) is 11.3 Å². The zero-order chi connectivity index (χ0) is 20.8. The van der Waals surface area contributed by atoms with Gasteiger partial charge in [-0.2, -0.15) is 0 Å². The Kier molecular flexibility index (Phi) is 7.39. The van der Waals surface area contributed by atoms with Gasteiger partial charge >= 0.3 is 0 Å². The first kappa shape index (κ1) is 21.7. The quantitative estimate of drug-likeness (QED) is 0.493. The Balaban J connectivity index is 0.000000203. The van der Waals surface area contributed by atoms with Crippen LogP contribution in [0.1, 0.15) is 67.5 Å². The zero-order valence-corrected chi connectivity index (χ0v) is 18.4. The third-order valence-electron chi connectivity index (χ3n) is 4.82. The van der Waals surface area contributed by atoms with E-state index in [1.165, 1.54) is 27.8 Å². The fraction of sp³-hybridized carbons (Fsp3) is 0.346. The first-order valence-corrected chi connectivity index (χ1v) is 10.1. The lowest BCUT2D eigenvalue weighted by Gasteiger charge is -2.15. The third-order valence-corrected chi connectivity index (χ3v) is 4.82. The summed E-state index contributed by atoms with van der Waals surface area (Å²) in [4.78, 5) is 4.53. The van der Waals surface area contributed by atoms with Crippen LogP contribution in [-0.2, 0) is 0 Å². The number of para-hydroxylation sites is 1. The summed E-state index contributed by atoms with van der Waals surface area (Å²) < 4.78 is 0. The van der Waals surface area contributed by atoms with Crippen LogP contribution in [0.4, 0.5) is 5.69 Å². The molecule has 148 valence electrons. The Labute approximate surface area is 170 Å². The molecule has 0 spiro atoms. The Bertz CT molecular complexity index is 877. The minimum atomic E-state index is 0.513. The largest absolute Gasteiger partial charge is 0.398 e. The molecule has 0 bridgehead atoms. The molecule has 0 unspecified atom stereocenters. The van der Waals surface area contributed by atoms with E-state index in [-0.39, 0.29) is 0 Å². The van der Waals surface area contributed by atoms with Gasteiger partial charge in [0.15, 0.2) is 0 Å². The summed E-state index contributed by atoms with van der Waals surface area (Å²) in [5, 5.41) is 0. The smallest absolute Gasteiger partial charge is 0.0705 e. The summed E-state index contributed by atoms with van der Waals surface area (Å²) in [6.45, 7) is 15.0. The molecule has 0 saturated heterocycles. The number of rotatable bonds is 3. The second-order valence-corrected chi connectivity index (χ2v) is 8.20. The number of nitrogen functional groups attached to an aromatic ring is 1. The third kappa shape index (κ3) is 5.69. The van der Waals surface area contributed by atoms with Crippen molar-refractivity contribution in [2.75, 3.05) is 5.73 Å². The van der Waals surface area contributed by atoms with Gasteiger partial charge in [-0.15, -0.1) is 0 Å². The maximum absolute atomic E-state index is 6.09. The molecule has 2 aromatic carbocycles. The molecule has 3 rings (SSSR count). The molecule has 0 radical (unpaired) electrons. The molecular formula is C26H34N2. The summed E-state index contributed by atoms with van der Waals surface area (Å²) in [5.41, 5.74) is 15.5. The van der Waals surface area contributed by atoms with E-state index in [0.717, 1.165) is 17.1 Å². The van der Waals surface area contributed by atoms with E-state index in [2.05, 4.69) is 95.1 Å². The number of hydrogen-bond acceptors (Lipinski definition) is 2. The molecule has 1 aromatic heterocycles. The fourth-order valence-corrected chi connectivity index (χ4v) is 3.43. The molecule has 0 aliphatic heterocycles. The van der Waals surface area contributed by atoms with Crippen LogP contribution < -0.4 is 5.73 Å². The van der Waals surface area contributed by atoms with Crippen LogP contribution in [0, 0.1) is 20.8 Å². The van der Waals surface area contributed by atoms with E-state index < -0.39 is 0 Å². The van der Waals surface area contributed by atoms with Gasteiger partial charge in [-0.1, -0.05) is 69.2 Å². The molecule has 0 fully saturated rings. The summed E-state index contributed by atoms with van der Waals surface area (Å²) in [6, 6.07) is 19.0. The second-order valence-electron chi connectivity index (χ2n) is 8.20. The Hall–Kier alpha value is -2.61. The molecule has 0 aliphatic carbocycles. The molecule has 2 N–H and O–H groups in total. The van der Waals surface area contributed by atoms with Gasteiger partial charge in [0.25, 0.3) is 0 Å². The Morgan fingerprint density at radius 1 is 0.714 bits per heavy atom. The predicted octanol–water partition coefficient (Wildman–Crippen LogP) is 7.19. The minimum absolute atomic E-state index is 0.513. The standard InChI is InChI=1S/C14H15N.C12H19N/c1-10-7-11(2)9-13(8-10)14-6-4-5-12(3)15-14;1-8(2)10-6-5-7-11(9(3)4)12(10)13/h4-9H,1-3H3;5-9H,13H2,1-4H3. The van der Waals surface area contributed by atoms with Crippen LogP contribution in [0.5, 0.6) is 0 Å². The predicted molar refractivity (Wildman–Crippen MR) is 123 cm³/mol. The van der Waals surface area contributed by atoms with Gasteiger partial charge in [0.2, 0.25) is 0 Å². The molecule has 0 amide bonds. The van der Waals surface area contributed by atoms with Crippen LogP contribution in [0.3, 0.4) is 0 Å². The van der Waals surface area contributed by atoms with E-state index in [0.29, 0.717) is 11.8 Å². The minimum Gasteiger partial charge on any atom is -0.398 e. The highest BCUT2D eigenvalue weighted by atomic mass is 14.7. The maximum Gasteiger partial charge on any atom is 0.0705 e. The highest BCUT2D eigenvalue weighted by Gasteiger charge is 2.09. The van der Waals surface area contributed by atoms with Crippen LogP contribution in [-0.4, -0.2) is 4.98 Å². The van der Waals surface area contributed by atoms with Crippen LogP contribution in [0.25, 0.3) is 11.3 Å². The topological polar surface area (TPSA) is 38.9 Å². The van der Waals surface area contributed by atoms with Gasteiger partial charge in [-0.05, 0) is 68.0 Å². The van der Waals surface area contributed by atoms with E-state index in [1.54, 1.807) is 0 Å². The molecular weight excluding hydrogens is 340 g/mol. The molecule has 0 saturated carbocycles. The molecule has 0 atom stereocenters. The highest BCUT2D eigenvalue weighted by molar-refractivity contribution is 5.61. The maximum atomic E-state index is 6.09. The zero-order valence-electron chi connectivity index (χ0n) is 18.4. The Morgan fingerprint density at radius 2 is 1.21 bits per heavy atom. The summed E-state index contributed by atoms with van der Waals surface area (Å²) in [5.74, 6) is 1.03. The summed E-state index contributed by atoms with van der Waals surface area (Å²) in [6.07, 6.45) is 0. The first-order chi connectivity index (χ1) is 13.2.